The highest BCUT2D eigenvalue weighted by Gasteiger charge is 2.32. The van der Waals surface area contributed by atoms with E-state index in [-0.39, 0.29) is 36.7 Å². The van der Waals surface area contributed by atoms with Crippen LogP contribution in [0.15, 0.2) is 24.3 Å². The van der Waals surface area contributed by atoms with Crippen molar-refractivity contribution in [3.63, 3.8) is 0 Å². The molecule has 0 bridgehead atoms. The molecule has 0 radical (unpaired) electrons. The van der Waals surface area contributed by atoms with Crippen LogP contribution in [0, 0.1) is 12.8 Å². The number of carbonyl (C=O) groups is 3. The van der Waals surface area contributed by atoms with E-state index in [1.54, 1.807) is 4.90 Å². The molecule has 2 rings (SSSR count). The Hall–Kier alpha value is -2.37. The molecule has 6 heteroatoms. The van der Waals surface area contributed by atoms with Gasteiger partial charge in [-0.05, 0) is 31.2 Å². The zero-order valence-corrected chi connectivity index (χ0v) is 16.4. The van der Waals surface area contributed by atoms with Gasteiger partial charge in [0.15, 0.2) is 0 Å². The Morgan fingerprint density at radius 3 is 2.70 bits per heavy atom. The molecule has 0 spiro atoms. The maximum atomic E-state index is 12.5. The fourth-order valence-electron chi connectivity index (χ4n) is 3.70. The first-order valence-electron chi connectivity index (χ1n) is 9.60. The summed E-state index contributed by atoms with van der Waals surface area (Å²) in [5.74, 6) is -0.743. The van der Waals surface area contributed by atoms with Crippen LogP contribution in [0.3, 0.4) is 0 Å². The number of aryl methyl sites for hydroxylation is 1. The van der Waals surface area contributed by atoms with Gasteiger partial charge in [-0.1, -0.05) is 43.7 Å². The van der Waals surface area contributed by atoms with Crippen molar-refractivity contribution in [2.45, 2.75) is 71.5 Å². The second-order valence-corrected chi connectivity index (χ2v) is 7.90. The molecular weight excluding hydrogens is 344 g/mol. The summed E-state index contributed by atoms with van der Waals surface area (Å²) in [6.45, 7) is 6.51. The molecular formula is C21H30N2O4. The third-order valence-electron chi connectivity index (χ3n) is 4.85. The Bertz CT molecular complexity index is 687. The first kappa shape index (κ1) is 20.9. The lowest BCUT2D eigenvalue weighted by Gasteiger charge is -2.26. The molecule has 148 valence electrons. The van der Waals surface area contributed by atoms with Crippen LogP contribution in [-0.4, -0.2) is 39.9 Å². The van der Waals surface area contributed by atoms with Crippen LogP contribution in [0.1, 0.15) is 57.1 Å². The van der Waals surface area contributed by atoms with Gasteiger partial charge in [-0.3, -0.25) is 14.4 Å². The van der Waals surface area contributed by atoms with Crippen molar-refractivity contribution in [1.82, 2.24) is 10.2 Å². The largest absolute Gasteiger partial charge is 0.481 e. The van der Waals surface area contributed by atoms with Gasteiger partial charge in [0.25, 0.3) is 0 Å². The van der Waals surface area contributed by atoms with E-state index in [9.17, 15) is 14.4 Å². The van der Waals surface area contributed by atoms with Crippen molar-refractivity contribution in [2.24, 2.45) is 5.92 Å². The fraction of sp³-hybridized carbons (Fsp3) is 0.571. The molecule has 27 heavy (non-hydrogen) atoms. The maximum Gasteiger partial charge on any atom is 0.305 e. The average Bonchev–Trinajstić information content (AvgIpc) is 2.86. The van der Waals surface area contributed by atoms with Gasteiger partial charge in [0.2, 0.25) is 11.8 Å². The molecule has 1 unspecified atom stereocenters. The second-order valence-electron chi connectivity index (χ2n) is 7.90. The highest BCUT2D eigenvalue weighted by atomic mass is 16.4. The molecule has 1 fully saturated rings. The van der Waals surface area contributed by atoms with Gasteiger partial charge in [-0.25, -0.2) is 0 Å². The van der Waals surface area contributed by atoms with Gasteiger partial charge in [-0.2, -0.15) is 0 Å². The standard InChI is InChI=1S/C21H30N2O4/c1-14(2)9-17(11-21(26)27)22-19(24)12-18-7-8-20(25)23(18)13-16-6-4-5-15(3)10-16/h4-6,10,14,17-18H,7-9,11-13H2,1-3H3,(H,22,24)(H,26,27)/t17-,18?/m0/s1. The van der Waals surface area contributed by atoms with Gasteiger partial charge in [0, 0.05) is 31.5 Å². The van der Waals surface area contributed by atoms with Gasteiger partial charge >= 0.3 is 5.97 Å². The summed E-state index contributed by atoms with van der Waals surface area (Å²) in [7, 11) is 0. The number of hydrogen-bond donors (Lipinski definition) is 2. The van der Waals surface area contributed by atoms with E-state index >= 15 is 0 Å². The number of carboxylic acid groups (broad SMARTS) is 1. The molecule has 2 amide bonds. The van der Waals surface area contributed by atoms with Crippen molar-refractivity contribution in [3.8, 4) is 0 Å². The predicted octanol–water partition coefficient (Wildman–Crippen LogP) is 2.88. The molecule has 0 aromatic heterocycles. The first-order chi connectivity index (χ1) is 12.7. The van der Waals surface area contributed by atoms with Gasteiger partial charge in [0.1, 0.15) is 0 Å². The normalized spacial score (nSPS) is 18.0. The molecule has 6 nitrogen and oxygen atoms in total. The zero-order chi connectivity index (χ0) is 20.0. The maximum absolute atomic E-state index is 12.5. The van der Waals surface area contributed by atoms with Crippen molar-refractivity contribution in [3.05, 3.63) is 35.4 Å². The topological polar surface area (TPSA) is 86.7 Å². The summed E-state index contributed by atoms with van der Waals surface area (Å²) in [5.41, 5.74) is 2.19. The predicted molar refractivity (Wildman–Crippen MR) is 103 cm³/mol. The Morgan fingerprint density at radius 2 is 2.07 bits per heavy atom. The summed E-state index contributed by atoms with van der Waals surface area (Å²) in [5, 5.41) is 11.9. The van der Waals surface area contributed by atoms with Crippen LogP contribution >= 0.6 is 0 Å². The highest BCUT2D eigenvalue weighted by molar-refractivity contribution is 5.82. The minimum Gasteiger partial charge on any atom is -0.481 e. The third kappa shape index (κ3) is 6.70. The van der Waals surface area contributed by atoms with E-state index in [4.69, 9.17) is 5.11 Å². The summed E-state index contributed by atoms with van der Waals surface area (Å²) >= 11 is 0. The van der Waals surface area contributed by atoms with E-state index in [0.29, 0.717) is 31.7 Å². The summed E-state index contributed by atoms with van der Waals surface area (Å²) in [6.07, 6.45) is 1.86. The lowest BCUT2D eigenvalue weighted by Crippen LogP contribution is -2.41. The minimum absolute atomic E-state index is 0.0681. The van der Waals surface area contributed by atoms with Crippen molar-refractivity contribution >= 4 is 17.8 Å². The number of rotatable bonds is 9. The van der Waals surface area contributed by atoms with Crippen LogP contribution in [0.4, 0.5) is 0 Å². The third-order valence-corrected chi connectivity index (χ3v) is 4.85. The van der Waals surface area contributed by atoms with E-state index in [2.05, 4.69) is 5.32 Å². The van der Waals surface area contributed by atoms with Crippen molar-refractivity contribution in [2.75, 3.05) is 0 Å². The van der Waals surface area contributed by atoms with Crippen molar-refractivity contribution < 1.29 is 19.5 Å². The molecule has 2 N–H and O–H groups in total. The average molecular weight is 374 g/mol. The molecule has 1 aromatic carbocycles. The van der Waals surface area contributed by atoms with Crippen LogP contribution in [0.5, 0.6) is 0 Å². The Balaban J connectivity index is 1.97. The van der Waals surface area contributed by atoms with Crippen LogP contribution in [0.2, 0.25) is 0 Å². The van der Waals surface area contributed by atoms with Gasteiger partial charge in [-0.15, -0.1) is 0 Å². The lowest BCUT2D eigenvalue weighted by atomic mass is 10.0. The number of carboxylic acids is 1. The van der Waals surface area contributed by atoms with E-state index in [1.807, 2.05) is 45.0 Å². The Morgan fingerprint density at radius 1 is 1.33 bits per heavy atom. The smallest absolute Gasteiger partial charge is 0.305 e. The molecule has 2 atom stereocenters. The highest BCUT2D eigenvalue weighted by Crippen LogP contribution is 2.24. The molecule has 1 aromatic rings. The van der Waals surface area contributed by atoms with Crippen LogP contribution < -0.4 is 5.32 Å². The number of nitrogens with one attached hydrogen (secondary N) is 1. The van der Waals surface area contributed by atoms with Crippen LogP contribution in [-0.2, 0) is 20.9 Å². The quantitative estimate of drug-likeness (QED) is 0.696. The van der Waals surface area contributed by atoms with Gasteiger partial charge in [0.05, 0.1) is 6.42 Å². The number of aliphatic carboxylic acids is 1. The van der Waals surface area contributed by atoms with E-state index < -0.39 is 5.97 Å². The number of amides is 2. The van der Waals surface area contributed by atoms with Gasteiger partial charge < -0.3 is 15.3 Å². The molecule has 0 saturated carbocycles. The summed E-state index contributed by atoms with van der Waals surface area (Å²) in [4.78, 5) is 37.6. The monoisotopic (exact) mass is 374 g/mol. The minimum atomic E-state index is -0.918. The first-order valence-corrected chi connectivity index (χ1v) is 9.60. The molecule has 1 heterocycles. The summed E-state index contributed by atoms with van der Waals surface area (Å²) in [6, 6.07) is 7.50. The zero-order valence-electron chi connectivity index (χ0n) is 16.4. The van der Waals surface area contributed by atoms with E-state index in [1.165, 1.54) is 0 Å². The SMILES string of the molecule is Cc1cccc(CN2C(=O)CCC2CC(=O)N[C@H](CC(=O)O)CC(C)C)c1. The molecule has 1 aliphatic rings. The molecule has 1 aliphatic heterocycles. The molecule has 1 saturated heterocycles. The number of benzene rings is 1. The summed E-state index contributed by atoms with van der Waals surface area (Å²) < 4.78 is 0. The Kier molecular flexibility index (Phi) is 7.39. The number of carbonyl (C=O) groups excluding carboxylic acids is 2. The number of likely N-dealkylation sites (tertiary alicyclic amines) is 1. The molecule has 0 aliphatic carbocycles. The van der Waals surface area contributed by atoms with Crippen molar-refractivity contribution in [1.29, 1.82) is 0 Å². The van der Waals surface area contributed by atoms with E-state index in [0.717, 1.165) is 11.1 Å². The van der Waals surface area contributed by atoms with Crippen LogP contribution in [0.25, 0.3) is 0 Å². The Labute approximate surface area is 160 Å². The lowest BCUT2D eigenvalue weighted by molar-refractivity contribution is -0.137. The number of hydrogen-bond acceptors (Lipinski definition) is 3. The second kappa shape index (κ2) is 9.53. The number of nitrogens with zero attached hydrogens (tertiary/aromatic N) is 1. The fourth-order valence-corrected chi connectivity index (χ4v) is 3.70.